The number of hydrogen-bond acceptors (Lipinski definition) is 0. The Morgan fingerprint density at radius 3 is 1.13 bits per heavy atom. The highest BCUT2D eigenvalue weighted by molar-refractivity contribution is 4.92. The average molecular weight is 417 g/mol. The summed E-state index contributed by atoms with van der Waals surface area (Å²) in [5.74, 6) is 12.2. The zero-order chi connectivity index (χ0) is 22.0. The van der Waals surface area contributed by atoms with E-state index >= 15 is 0 Å². The van der Waals surface area contributed by atoms with Crippen molar-refractivity contribution in [2.24, 2.45) is 71.0 Å². The summed E-state index contributed by atoms with van der Waals surface area (Å²) in [6.07, 6.45) is 15.1. The van der Waals surface area contributed by atoms with Crippen molar-refractivity contribution in [3.8, 4) is 0 Å². The number of fused-ring (bicyclic) bond motifs is 2. The van der Waals surface area contributed by atoms with E-state index in [1.807, 2.05) is 0 Å². The van der Waals surface area contributed by atoms with Gasteiger partial charge in [-0.1, -0.05) is 81.1 Å². The molecule has 4 rings (SSSR count). The first-order chi connectivity index (χ1) is 14.2. The molecule has 176 valence electrons. The van der Waals surface area contributed by atoms with Crippen LogP contribution in [0.2, 0.25) is 0 Å². The maximum atomic E-state index is 2.50. The summed E-state index contributed by atoms with van der Waals surface area (Å²) in [6.45, 7) is 19.7. The highest BCUT2D eigenvalue weighted by Crippen LogP contribution is 2.51. The Labute approximate surface area is 190 Å². The SMILES string of the molecule is CC(C)[C@@H]1CC[C@@H](C)C2CC[C@@H](C)CC21.CC(C)[C@@H]1CC[C@@H](C)C2CC[C@H](C)CC21. The molecule has 4 saturated carbocycles. The van der Waals surface area contributed by atoms with Crippen molar-refractivity contribution in [2.75, 3.05) is 0 Å². The van der Waals surface area contributed by atoms with Crippen LogP contribution in [-0.4, -0.2) is 0 Å². The minimum atomic E-state index is 0.912. The molecule has 0 heteroatoms. The lowest BCUT2D eigenvalue weighted by molar-refractivity contribution is 0.0182. The van der Waals surface area contributed by atoms with Crippen molar-refractivity contribution >= 4 is 0 Å². The van der Waals surface area contributed by atoms with E-state index in [-0.39, 0.29) is 0 Å². The van der Waals surface area contributed by atoms with Crippen molar-refractivity contribution < 1.29 is 0 Å². The van der Waals surface area contributed by atoms with Gasteiger partial charge in [-0.3, -0.25) is 0 Å². The highest BCUT2D eigenvalue weighted by atomic mass is 14.5. The predicted molar refractivity (Wildman–Crippen MR) is 133 cm³/mol. The lowest BCUT2D eigenvalue weighted by Gasteiger charge is -2.48. The first kappa shape index (κ1) is 24.6. The molecule has 4 fully saturated rings. The molecule has 0 heterocycles. The van der Waals surface area contributed by atoms with Crippen molar-refractivity contribution in [1.29, 1.82) is 0 Å². The lowest BCUT2D eigenvalue weighted by Crippen LogP contribution is -2.39. The van der Waals surface area contributed by atoms with Crippen molar-refractivity contribution in [3.05, 3.63) is 0 Å². The fourth-order valence-electron chi connectivity index (χ4n) is 8.72. The quantitative estimate of drug-likeness (QED) is 0.420. The minimum Gasteiger partial charge on any atom is -0.0625 e. The summed E-state index contributed by atoms with van der Waals surface area (Å²) in [5, 5.41) is 0. The van der Waals surface area contributed by atoms with Gasteiger partial charge in [-0.2, -0.15) is 0 Å². The van der Waals surface area contributed by atoms with Gasteiger partial charge in [0.1, 0.15) is 0 Å². The van der Waals surface area contributed by atoms with Gasteiger partial charge in [0.15, 0.2) is 0 Å². The van der Waals surface area contributed by atoms with Gasteiger partial charge in [0.05, 0.1) is 0 Å². The van der Waals surface area contributed by atoms with E-state index in [1.54, 1.807) is 0 Å². The maximum Gasteiger partial charge on any atom is -0.0350 e. The van der Waals surface area contributed by atoms with Crippen LogP contribution in [0.4, 0.5) is 0 Å². The zero-order valence-electron chi connectivity index (χ0n) is 22.0. The van der Waals surface area contributed by atoms with E-state index in [4.69, 9.17) is 0 Å². The molecule has 4 aliphatic carbocycles. The van der Waals surface area contributed by atoms with Crippen LogP contribution in [0.15, 0.2) is 0 Å². The van der Waals surface area contributed by atoms with Crippen LogP contribution in [0.25, 0.3) is 0 Å². The van der Waals surface area contributed by atoms with Crippen LogP contribution >= 0.6 is 0 Å². The van der Waals surface area contributed by atoms with E-state index in [2.05, 4.69) is 55.4 Å². The predicted octanol–water partition coefficient (Wildman–Crippen LogP) is 9.48. The second-order valence-corrected chi connectivity index (χ2v) is 13.4. The topological polar surface area (TPSA) is 0 Å². The Morgan fingerprint density at radius 2 is 0.800 bits per heavy atom. The smallest absolute Gasteiger partial charge is 0.0350 e. The van der Waals surface area contributed by atoms with E-state index < -0.39 is 0 Å². The van der Waals surface area contributed by atoms with Crippen LogP contribution < -0.4 is 0 Å². The Hall–Kier alpha value is 0. The third kappa shape index (κ3) is 5.67. The summed E-state index contributed by atoms with van der Waals surface area (Å²) in [7, 11) is 0. The van der Waals surface area contributed by atoms with Gasteiger partial charge in [0.2, 0.25) is 0 Å². The van der Waals surface area contributed by atoms with E-state index in [1.165, 1.54) is 64.2 Å². The van der Waals surface area contributed by atoms with Crippen LogP contribution in [-0.2, 0) is 0 Å². The molecule has 0 bridgehead atoms. The second-order valence-electron chi connectivity index (χ2n) is 13.4. The molecule has 4 aliphatic rings. The first-order valence-electron chi connectivity index (χ1n) is 14.2. The van der Waals surface area contributed by atoms with Crippen LogP contribution in [0, 0.1) is 71.0 Å². The van der Waals surface area contributed by atoms with Gasteiger partial charge in [-0.15, -0.1) is 0 Å². The molecule has 4 unspecified atom stereocenters. The lowest BCUT2D eigenvalue weighted by atomic mass is 9.57. The van der Waals surface area contributed by atoms with Gasteiger partial charge in [0.25, 0.3) is 0 Å². The number of hydrogen-bond donors (Lipinski definition) is 0. The standard InChI is InChI=1S/2C15H28/c2*1-10(2)13-8-6-12(4)14-7-5-11(3)9-15(13)14/h2*10-15H,5-9H2,1-4H3/t11-,12+,13-,14?,15?;11-,12-,13+,14?,15?/m01/s1. The van der Waals surface area contributed by atoms with E-state index in [0.29, 0.717) is 0 Å². The summed E-state index contributed by atoms with van der Waals surface area (Å²) < 4.78 is 0. The second kappa shape index (κ2) is 10.7. The summed E-state index contributed by atoms with van der Waals surface area (Å²) in [4.78, 5) is 0. The molecule has 30 heavy (non-hydrogen) atoms. The van der Waals surface area contributed by atoms with Crippen molar-refractivity contribution in [1.82, 2.24) is 0 Å². The largest absolute Gasteiger partial charge is 0.0625 e. The molecule has 0 aromatic carbocycles. The number of rotatable bonds is 2. The molecular formula is C30H56. The van der Waals surface area contributed by atoms with Gasteiger partial charge in [-0.25, -0.2) is 0 Å². The van der Waals surface area contributed by atoms with Crippen molar-refractivity contribution in [3.63, 3.8) is 0 Å². The maximum absolute atomic E-state index is 2.50. The highest BCUT2D eigenvalue weighted by Gasteiger charge is 2.42. The Morgan fingerprint density at radius 1 is 0.433 bits per heavy atom. The summed E-state index contributed by atoms with van der Waals surface area (Å²) >= 11 is 0. The van der Waals surface area contributed by atoms with Gasteiger partial charge >= 0.3 is 0 Å². The fraction of sp³-hybridized carbons (Fsp3) is 1.00. The van der Waals surface area contributed by atoms with Crippen LogP contribution in [0.1, 0.15) is 120 Å². The van der Waals surface area contributed by atoms with Gasteiger partial charge < -0.3 is 0 Å². The Balaban J connectivity index is 0.000000171. The Kier molecular flexibility index (Phi) is 8.82. The summed E-state index contributed by atoms with van der Waals surface area (Å²) in [5.41, 5.74) is 0. The third-order valence-electron chi connectivity index (χ3n) is 10.6. The first-order valence-corrected chi connectivity index (χ1v) is 14.2. The third-order valence-corrected chi connectivity index (χ3v) is 10.6. The molecule has 10 atom stereocenters. The molecule has 0 amide bonds. The van der Waals surface area contributed by atoms with E-state index in [9.17, 15) is 0 Å². The fourth-order valence-corrected chi connectivity index (χ4v) is 8.72. The van der Waals surface area contributed by atoms with Crippen LogP contribution in [0.5, 0.6) is 0 Å². The molecule has 0 nitrogen and oxygen atoms in total. The van der Waals surface area contributed by atoms with Crippen LogP contribution in [0.3, 0.4) is 0 Å². The van der Waals surface area contributed by atoms with Gasteiger partial charge in [-0.05, 0) is 110 Å². The Bertz CT molecular complexity index is 450. The monoisotopic (exact) mass is 416 g/mol. The normalized spacial score (nSPS) is 46.6. The molecule has 0 saturated heterocycles. The molecule has 0 aliphatic heterocycles. The van der Waals surface area contributed by atoms with E-state index in [0.717, 1.165) is 71.0 Å². The average Bonchev–Trinajstić information content (AvgIpc) is 2.68. The van der Waals surface area contributed by atoms with Crippen molar-refractivity contribution in [2.45, 2.75) is 120 Å². The minimum absolute atomic E-state index is 0.912. The summed E-state index contributed by atoms with van der Waals surface area (Å²) in [6, 6.07) is 0. The molecule has 0 N–H and O–H groups in total. The molecular weight excluding hydrogens is 360 g/mol. The molecule has 0 aromatic heterocycles. The zero-order valence-corrected chi connectivity index (χ0v) is 22.0. The molecule has 0 spiro atoms. The molecule has 0 aromatic rings. The molecule has 0 radical (unpaired) electrons. The van der Waals surface area contributed by atoms with Gasteiger partial charge in [0, 0.05) is 0 Å².